The molecule has 1 aromatic rings. The van der Waals surface area contributed by atoms with Gasteiger partial charge < -0.3 is 0 Å². The molecule has 0 aromatic heterocycles. The Labute approximate surface area is 124 Å². The first-order valence-corrected chi connectivity index (χ1v) is 7.28. The van der Waals surface area contributed by atoms with Crippen molar-refractivity contribution in [2.75, 3.05) is 0 Å². The van der Waals surface area contributed by atoms with E-state index >= 15 is 0 Å². The molecule has 0 saturated heterocycles. The van der Waals surface area contributed by atoms with Gasteiger partial charge in [0.1, 0.15) is 6.29 Å². The number of allylic oxidation sites excluding steroid dienone is 2. The summed E-state index contributed by atoms with van der Waals surface area (Å²) in [5, 5.41) is 0. The van der Waals surface area contributed by atoms with E-state index in [0.29, 0.717) is 12.7 Å². The molecule has 0 bridgehead atoms. The number of hydrogen-bond acceptors (Lipinski definition) is 2. The first-order valence-electron chi connectivity index (χ1n) is 7.28. The summed E-state index contributed by atoms with van der Waals surface area (Å²) in [4.78, 5) is 19.9. The molecule has 0 saturated carbocycles. The van der Waals surface area contributed by atoms with Crippen LogP contribution < -0.4 is 0 Å². The van der Waals surface area contributed by atoms with Crippen LogP contribution in [0.3, 0.4) is 0 Å². The number of aryl methyl sites for hydroxylation is 2. The fourth-order valence-corrected chi connectivity index (χ4v) is 0.901. The van der Waals surface area contributed by atoms with Gasteiger partial charge in [0.2, 0.25) is 0 Å². The van der Waals surface area contributed by atoms with Crippen molar-refractivity contribution in [3.05, 3.63) is 47.5 Å². The van der Waals surface area contributed by atoms with E-state index in [-0.39, 0.29) is 5.78 Å². The van der Waals surface area contributed by atoms with Gasteiger partial charge in [0.25, 0.3) is 0 Å². The van der Waals surface area contributed by atoms with E-state index in [2.05, 4.69) is 38.1 Å². The highest BCUT2D eigenvalue weighted by molar-refractivity contribution is 5.92. The maximum Gasteiger partial charge on any atom is 0.155 e. The highest BCUT2D eigenvalue weighted by atomic mass is 16.1. The SMILES string of the molecule is CC.CC.CCC(=O)/C=C\C=O.Cc1ccc(C)cc1. The van der Waals surface area contributed by atoms with Gasteiger partial charge >= 0.3 is 0 Å². The molecule has 0 atom stereocenters. The summed E-state index contributed by atoms with van der Waals surface area (Å²) in [5.41, 5.74) is 2.66. The van der Waals surface area contributed by atoms with Gasteiger partial charge in [-0.05, 0) is 26.0 Å². The third-order valence-corrected chi connectivity index (χ3v) is 1.93. The van der Waals surface area contributed by atoms with Crippen LogP contribution in [0.1, 0.15) is 52.2 Å². The lowest BCUT2D eigenvalue weighted by Gasteiger charge is -1.90. The zero-order chi connectivity index (χ0) is 16.4. The fraction of sp³-hybridized carbons (Fsp3) is 0.444. The minimum Gasteiger partial charge on any atom is -0.299 e. The first-order chi connectivity index (χ1) is 9.60. The smallest absolute Gasteiger partial charge is 0.155 e. The van der Waals surface area contributed by atoms with Gasteiger partial charge in [-0.1, -0.05) is 70.0 Å². The van der Waals surface area contributed by atoms with Gasteiger partial charge in [0.05, 0.1) is 0 Å². The third-order valence-electron chi connectivity index (χ3n) is 1.93. The standard InChI is InChI=1S/C8H10.C6H8O2.2C2H6/c1-7-3-5-8(2)6-4-7;1-2-6(8)4-3-5-7;2*1-2/h3-6H,1-2H3;3-5H,2H2,1H3;2*1-2H3/b;4-3-;;. The second-order valence-corrected chi connectivity index (χ2v) is 3.47. The zero-order valence-corrected chi connectivity index (χ0v) is 14.1. The molecular weight excluding hydrogens is 248 g/mol. The Morgan fingerprint density at radius 2 is 1.30 bits per heavy atom. The third kappa shape index (κ3) is 18.7. The van der Waals surface area contributed by atoms with Crippen molar-refractivity contribution in [3.63, 3.8) is 0 Å². The zero-order valence-electron chi connectivity index (χ0n) is 14.1. The van der Waals surface area contributed by atoms with Crippen LogP contribution in [0.15, 0.2) is 36.4 Å². The predicted octanol–water partition coefficient (Wildman–Crippen LogP) is 5.08. The Kier molecular flexibility index (Phi) is 23.0. The van der Waals surface area contributed by atoms with Gasteiger partial charge in [-0.2, -0.15) is 0 Å². The molecule has 1 aromatic carbocycles. The lowest BCUT2D eigenvalue weighted by atomic mass is 10.2. The molecular formula is C18H30O2. The van der Waals surface area contributed by atoms with Crippen LogP contribution in [0.2, 0.25) is 0 Å². The highest BCUT2D eigenvalue weighted by Crippen LogP contribution is 1.99. The molecule has 0 radical (unpaired) electrons. The van der Waals surface area contributed by atoms with E-state index in [1.165, 1.54) is 23.3 Å². The lowest BCUT2D eigenvalue weighted by molar-refractivity contribution is -0.114. The van der Waals surface area contributed by atoms with E-state index in [1.807, 2.05) is 27.7 Å². The van der Waals surface area contributed by atoms with Crippen LogP contribution in [0, 0.1) is 13.8 Å². The number of benzene rings is 1. The van der Waals surface area contributed by atoms with Crippen molar-refractivity contribution >= 4 is 12.1 Å². The van der Waals surface area contributed by atoms with Crippen LogP contribution >= 0.6 is 0 Å². The Morgan fingerprint density at radius 3 is 1.55 bits per heavy atom. The average molecular weight is 278 g/mol. The number of carbonyl (C=O) groups excluding carboxylic acids is 2. The van der Waals surface area contributed by atoms with E-state index in [4.69, 9.17) is 0 Å². The topological polar surface area (TPSA) is 34.1 Å². The monoisotopic (exact) mass is 278 g/mol. The van der Waals surface area contributed by atoms with Crippen LogP contribution in [-0.4, -0.2) is 12.1 Å². The van der Waals surface area contributed by atoms with Gasteiger partial charge in [-0.3, -0.25) is 9.59 Å². The van der Waals surface area contributed by atoms with Gasteiger partial charge in [-0.25, -0.2) is 0 Å². The number of carbonyl (C=O) groups is 2. The molecule has 0 aliphatic rings. The largest absolute Gasteiger partial charge is 0.299 e. The van der Waals surface area contributed by atoms with Crippen molar-refractivity contribution in [3.8, 4) is 0 Å². The van der Waals surface area contributed by atoms with Crippen molar-refractivity contribution < 1.29 is 9.59 Å². The number of hydrogen-bond donors (Lipinski definition) is 0. The molecule has 0 unspecified atom stereocenters. The normalized spacial score (nSPS) is 8.15. The number of aldehydes is 1. The molecule has 0 aliphatic heterocycles. The summed E-state index contributed by atoms with van der Waals surface area (Å²) in [6.07, 6.45) is 3.52. The second kappa shape index (κ2) is 19.6. The van der Waals surface area contributed by atoms with Gasteiger partial charge in [0.15, 0.2) is 5.78 Å². The first kappa shape index (κ1) is 23.4. The molecule has 0 fully saturated rings. The fourth-order valence-electron chi connectivity index (χ4n) is 0.901. The molecule has 2 nitrogen and oxygen atoms in total. The van der Waals surface area contributed by atoms with E-state index in [0.717, 1.165) is 0 Å². The Balaban J connectivity index is -0.000000231. The quantitative estimate of drug-likeness (QED) is 0.571. The molecule has 0 heterocycles. The van der Waals surface area contributed by atoms with Crippen molar-refractivity contribution in [1.29, 1.82) is 0 Å². The molecule has 0 spiro atoms. The summed E-state index contributed by atoms with van der Waals surface area (Å²) in [6, 6.07) is 8.48. The van der Waals surface area contributed by atoms with Crippen LogP contribution in [0.4, 0.5) is 0 Å². The van der Waals surface area contributed by atoms with Crippen LogP contribution in [0.25, 0.3) is 0 Å². The van der Waals surface area contributed by atoms with Crippen molar-refractivity contribution in [2.45, 2.75) is 54.9 Å². The average Bonchev–Trinajstić information content (AvgIpc) is 2.52. The number of rotatable bonds is 3. The Hall–Kier alpha value is -1.70. The maximum atomic E-state index is 10.3. The van der Waals surface area contributed by atoms with Crippen LogP contribution in [0.5, 0.6) is 0 Å². The summed E-state index contributed by atoms with van der Waals surface area (Å²) in [5.74, 6) is -0.0166. The molecule has 20 heavy (non-hydrogen) atoms. The number of ketones is 1. The van der Waals surface area contributed by atoms with E-state index in [9.17, 15) is 9.59 Å². The van der Waals surface area contributed by atoms with Gasteiger partial charge in [0, 0.05) is 6.42 Å². The Bertz CT molecular complexity index is 327. The molecule has 2 heteroatoms. The van der Waals surface area contributed by atoms with E-state index in [1.54, 1.807) is 6.92 Å². The summed E-state index contributed by atoms with van der Waals surface area (Å²) in [6.45, 7) is 13.9. The predicted molar refractivity (Wildman–Crippen MR) is 89.1 cm³/mol. The Morgan fingerprint density at radius 1 is 0.950 bits per heavy atom. The second-order valence-electron chi connectivity index (χ2n) is 3.47. The molecule has 0 aliphatic carbocycles. The molecule has 114 valence electrons. The molecule has 1 rings (SSSR count). The summed E-state index contributed by atoms with van der Waals surface area (Å²) < 4.78 is 0. The van der Waals surface area contributed by atoms with E-state index < -0.39 is 0 Å². The summed E-state index contributed by atoms with van der Waals surface area (Å²) in [7, 11) is 0. The minimum absolute atomic E-state index is 0.0166. The minimum atomic E-state index is -0.0166. The van der Waals surface area contributed by atoms with Gasteiger partial charge in [-0.15, -0.1) is 0 Å². The molecule has 0 amide bonds. The molecule has 0 N–H and O–H groups in total. The maximum absolute atomic E-state index is 10.3. The summed E-state index contributed by atoms with van der Waals surface area (Å²) >= 11 is 0. The van der Waals surface area contributed by atoms with Crippen molar-refractivity contribution in [2.24, 2.45) is 0 Å². The lowest BCUT2D eigenvalue weighted by Crippen LogP contribution is -1.86. The van der Waals surface area contributed by atoms with Crippen LogP contribution in [-0.2, 0) is 9.59 Å². The van der Waals surface area contributed by atoms with Crippen molar-refractivity contribution in [1.82, 2.24) is 0 Å². The highest BCUT2D eigenvalue weighted by Gasteiger charge is 1.85.